The van der Waals surface area contributed by atoms with Gasteiger partial charge >= 0.3 is 0 Å². The van der Waals surface area contributed by atoms with E-state index in [4.69, 9.17) is 5.73 Å². The van der Waals surface area contributed by atoms with Crippen LogP contribution in [0, 0.1) is 0 Å². The van der Waals surface area contributed by atoms with Crippen molar-refractivity contribution in [3.63, 3.8) is 0 Å². The number of nitrogens with zero attached hydrogens (tertiary/aromatic N) is 4. The summed E-state index contributed by atoms with van der Waals surface area (Å²) in [6.45, 7) is 5.81. The molecule has 38 heavy (non-hydrogen) atoms. The van der Waals surface area contributed by atoms with E-state index in [1.807, 2.05) is 85.8 Å². The van der Waals surface area contributed by atoms with Crippen molar-refractivity contribution in [3.8, 4) is 22.5 Å². The maximum absolute atomic E-state index is 13.7. The number of aromatic nitrogens is 4. The number of benzene rings is 3. The zero-order chi connectivity index (χ0) is 27.1. The van der Waals surface area contributed by atoms with Crippen LogP contribution < -0.4 is 16.0 Å². The predicted molar refractivity (Wildman–Crippen MR) is 148 cm³/mol. The van der Waals surface area contributed by atoms with Crippen LogP contribution in [0.2, 0.25) is 0 Å². The summed E-state index contributed by atoms with van der Waals surface area (Å²) in [7, 11) is 0. The summed E-state index contributed by atoms with van der Waals surface area (Å²) in [6.07, 6.45) is 0.597. The number of nitrogens with one attached hydrogen (secondary N) is 2. The van der Waals surface area contributed by atoms with Crippen LogP contribution in [-0.2, 0) is 16.1 Å². The van der Waals surface area contributed by atoms with E-state index in [2.05, 4.69) is 25.9 Å². The van der Waals surface area contributed by atoms with Gasteiger partial charge in [-0.3, -0.25) is 9.59 Å². The number of amides is 2. The average molecular weight is 512 g/mol. The first kappa shape index (κ1) is 26.7. The molecule has 0 radical (unpaired) electrons. The lowest BCUT2D eigenvalue weighted by Crippen LogP contribution is -2.50. The van der Waals surface area contributed by atoms with Crippen LogP contribution >= 0.6 is 0 Å². The molecular formula is C29H33N7O2. The van der Waals surface area contributed by atoms with Crippen molar-refractivity contribution in [2.75, 3.05) is 4.90 Å². The molecular weight excluding hydrogens is 478 g/mol. The van der Waals surface area contributed by atoms with Crippen LogP contribution in [0.25, 0.3) is 22.5 Å². The molecule has 1 unspecified atom stereocenters. The Morgan fingerprint density at radius 3 is 2.24 bits per heavy atom. The first-order valence-electron chi connectivity index (χ1n) is 12.6. The monoisotopic (exact) mass is 511 g/mol. The van der Waals surface area contributed by atoms with E-state index in [1.165, 1.54) is 0 Å². The van der Waals surface area contributed by atoms with Crippen molar-refractivity contribution < 1.29 is 9.59 Å². The molecule has 9 nitrogen and oxygen atoms in total. The lowest BCUT2D eigenvalue weighted by molar-refractivity contribution is -0.128. The van der Waals surface area contributed by atoms with Crippen molar-refractivity contribution in [1.82, 2.24) is 25.9 Å². The molecule has 3 aromatic carbocycles. The summed E-state index contributed by atoms with van der Waals surface area (Å²) in [5.41, 5.74) is 9.91. The quantitative estimate of drug-likeness (QED) is 0.294. The summed E-state index contributed by atoms with van der Waals surface area (Å²) in [4.78, 5) is 28.0. The van der Waals surface area contributed by atoms with Gasteiger partial charge in [-0.05, 0) is 54.3 Å². The van der Waals surface area contributed by atoms with Crippen molar-refractivity contribution in [2.24, 2.45) is 5.73 Å². The summed E-state index contributed by atoms with van der Waals surface area (Å²) in [5, 5.41) is 17.3. The molecule has 4 rings (SSSR count). The maximum Gasteiger partial charge on any atom is 0.249 e. The van der Waals surface area contributed by atoms with Gasteiger partial charge in [-0.15, -0.1) is 10.2 Å². The molecule has 0 bridgehead atoms. The van der Waals surface area contributed by atoms with Gasteiger partial charge in [-0.25, -0.2) is 0 Å². The van der Waals surface area contributed by atoms with Crippen LogP contribution in [0.15, 0.2) is 78.9 Å². The first-order chi connectivity index (χ1) is 18.2. The fraction of sp³-hybridized carbons (Fsp3) is 0.276. The highest BCUT2D eigenvalue weighted by Crippen LogP contribution is 2.30. The van der Waals surface area contributed by atoms with E-state index in [0.29, 0.717) is 18.8 Å². The molecule has 196 valence electrons. The molecule has 0 aliphatic rings. The number of tetrazole rings is 1. The fourth-order valence-corrected chi connectivity index (χ4v) is 4.27. The average Bonchev–Trinajstić information content (AvgIpc) is 3.45. The number of para-hydroxylation sites is 1. The molecule has 4 N–H and O–H groups in total. The molecule has 0 saturated heterocycles. The molecule has 1 heterocycles. The molecule has 0 aliphatic carbocycles. The number of hydrogen-bond donors (Lipinski definition) is 3. The van der Waals surface area contributed by atoms with Gasteiger partial charge in [-0.2, -0.15) is 5.21 Å². The smallest absolute Gasteiger partial charge is 0.249 e. The Morgan fingerprint density at radius 2 is 1.63 bits per heavy atom. The first-order valence-corrected chi connectivity index (χ1v) is 12.6. The van der Waals surface area contributed by atoms with Crippen LogP contribution in [0.3, 0.4) is 0 Å². The minimum atomic E-state index is -0.661. The number of carbonyl (C=O) groups excluding carboxylic acids is 2. The second-order valence-electron chi connectivity index (χ2n) is 9.93. The Balaban J connectivity index is 1.57. The van der Waals surface area contributed by atoms with Gasteiger partial charge in [-0.1, -0.05) is 73.7 Å². The van der Waals surface area contributed by atoms with Gasteiger partial charge in [0.2, 0.25) is 17.6 Å². The maximum atomic E-state index is 13.7. The minimum Gasteiger partial charge on any atom is -0.344 e. The number of carbonyl (C=O) groups is 2. The largest absolute Gasteiger partial charge is 0.344 e. The Bertz CT molecular complexity index is 1350. The standard InChI is InChI=1S/C29H33N7O2/c1-4-25(31-26(37)18-29(2,3)30)28(38)36(22-10-6-5-7-11-22)19-20-14-16-21(17-15-20)23-12-8-9-13-24(23)27-32-34-35-33-27/h5-17,25H,4,18-19,30H2,1-3H3,(H,31,37)(H,32,33,34,35). The van der Waals surface area contributed by atoms with Crippen LogP contribution in [0.4, 0.5) is 5.69 Å². The third kappa shape index (κ3) is 6.68. The van der Waals surface area contributed by atoms with E-state index in [0.717, 1.165) is 27.9 Å². The van der Waals surface area contributed by atoms with Crippen molar-refractivity contribution in [1.29, 1.82) is 0 Å². The molecule has 0 aliphatic heterocycles. The van der Waals surface area contributed by atoms with E-state index in [-0.39, 0.29) is 18.2 Å². The van der Waals surface area contributed by atoms with Gasteiger partial charge < -0.3 is 16.0 Å². The molecule has 0 spiro atoms. The third-order valence-electron chi connectivity index (χ3n) is 6.11. The van der Waals surface area contributed by atoms with Crippen molar-refractivity contribution in [2.45, 2.75) is 51.7 Å². The topological polar surface area (TPSA) is 130 Å². The van der Waals surface area contributed by atoms with Crippen molar-refractivity contribution >= 4 is 17.5 Å². The van der Waals surface area contributed by atoms with Gasteiger partial charge in [0, 0.05) is 23.2 Å². The van der Waals surface area contributed by atoms with Gasteiger partial charge in [0.25, 0.3) is 0 Å². The van der Waals surface area contributed by atoms with Gasteiger partial charge in [0.15, 0.2) is 0 Å². The zero-order valence-electron chi connectivity index (χ0n) is 21.9. The number of rotatable bonds is 10. The Hall–Kier alpha value is -4.37. The Kier molecular flexibility index (Phi) is 8.28. The predicted octanol–water partition coefficient (Wildman–Crippen LogP) is 4.09. The summed E-state index contributed by atoms with van der Waals surface area (Å²) in [5.74, 6) is 0.111. The fourth-order valence-electron chi connectivity index (χ4n) is 4.27. The normalized spacial score (nSPS) is 12.1. The van der Waals surface area contributed by atoms with E-state index in [1.54, 1.807) is 18.7 Å². The third-order valence-corrected chi connectivity index (χ3v) is 6.11. The summed E-state index contributed by atoms with van der Waals surface area (Å²) >= 11 is 0. The number of H-pyrrole nitrogens is 1. The molecule has 9 heteroatoms. The number of anilines is 1. The number of nitrogens with two attached hydrogens (primary N) is 1. The molecule has 0 fully saturated rings. The molecule has 0 saturated carbocycles. The summed E-state index contributed by atoms with van der Waals surface area (Å²) < 4.78 is 0. The molecule has 2 amide bonds. The highest BCUT2D eigenvalue weighted by molar-refractivity contribution is 5.99. The summed E-state index contributed by atoms with van der Waals surface area (Å²) in [6, 6.07) is 24.7. The van der Waals surface area contributed by atoms with Gasteiger partial charge in [0.1, 0.15) is 6.04 Å². The molecule has 1 aromatic heterocycles. The lowest BCUT2D eigenvalue weighted by Gasteiger charge is -2.28. The van der Waals surface area contributed by atoms with E-state index >= 15 is 0 Å². The van der Waals surface area contributed by atoms with Crippen molar-refractivity contribution in [3.05, 3.63) is 84.4 Å². The van der Waals surface area contributed by atoms with E-state index < -0.39 is 11.6 Å². The zero-order valence-corrected chi connectivity index (χ0v) is 21.9. The highest BCUT2D eigenvalue weighted by Gasteiger charge is 2.27. The Morgan fingerprint density at radius 1 is 0.974 bits per heavy atom. The number of hydrogen-bond acceptors (Lipinski definition) is 6. The highest BCUT2D eigenvalue weighted by atomic mass is 16.2. The number of aromatic amines is 1. The SMILES string of the molecule is CCC(NC(=O)CC(C)(C)N)C(=O)N(Cc1ccc(-c2ccccc2-c2nn[nH]n2)cc1)c1ccccc1. The van der Waals surface area contributed by atoms with Crippen LogP contribution in [0.5, 0.6) is 0 Å². The van der Waals surface area contributed by atoms with Crippen LogP contribution in [0.1, 0.15) is 39.2 Å². The lowest BCUT2D eigenvalue weighted by atomic mass is 9.98. The molecule has 1 atom stereocenters. The molecule has 4 aromatic rings. The van der Waals surface area contributed by atoms with Gasteiger partial charge in [0.05, 0.1) is 6.54 Å². The minimum absolute atomic E-state index is 0.134. The van der Waals surface area contributed by atoms with E-state index in [9.17, 15) is 9.59 Å². The second kappa shape index (κ2) is 11.8. The second-order valence-corrected chi connectivity index (χ2v) is 9.93. The Labute approximate surface area is 222 Å². The van der Waals surface area contributed by atoms with Crippen LogP contribution in [-0.4, -0.2) is 44.0 Å².